The summed E-state index contributed by atoms with van der Waals surface area (Å²) in [6, 6.07) is 7.46. The molecule has 0 saturated carbocycles. The predicted molar refractivity (Wildman–Crippen MR) is 94.5 cm³/mol. The number of hydrogen-bond acceptors (Lipinski definition) is 4. The number of hydrogen-bond donors (Lipinski definition) is 1. The Bertz CT molecular complexity index is 681. The number of aromatic nitrogens is 2. The first-order valence-corrected chi connectivity index (χ1v) is 8.70. The summed E-state index contributed by atoms with van der Waals surface area (Å²) in [5.74, 6) is 1.66. The number of piperidine rings is 1. The van der Waals surface area contributed by atoms with Crippen LogP contribution in [-0.2, 0) is 13.0 Å². The molecule has 24 heavy (non-hydrogen) atoms. The molecule has 3 rings (SSSR count). The van der Waals surface area contributed by atoms with Gasteiger partial charge < -0.3 is 5.32 Å². The Morgan fingerprint density at radius 2 is 1.96 bits per heavy atom. The minimum atomic E-state index is -0.109. The van der Waals surface area contributed by atoms with Crippen LogP contribution in [0.3, 0.4) is 0 Å². The number of likely N-dealkylation sites (tertiary alicyclic amines) is 1. The van der Waals surface area contributed by atoms with Gasteiger partial charge in [-0.05, 0) is 32.3 Å². The monoisotopic (exact) mass is 328 g/mol. The van der Waals surface area contributed by atoms with E-state index in [0.29, 0.717) is 12.6 Å². The average Bonchev–Trinajstić information content (AvgIpc) is 2.59. The van der Waals surface area contributed by atoms with Crippen LogP contribution in [0.1, 0.15) is 36.7 Å². The molecule has 5 heteroatoms. The largest absolute Gasteiger partial charge is 0.367 e. The minimum Gasteiger partial charge on any atom is -0.367 e. The molecule has 0 radical (unpaired) electrons. The number of benzene rings is 1. The van der Waals surface area contributed by atoms with Gasteiger partial charge >= 0.3 is 0 Å². The van der Waals surface area contributed by atoms with Crippen molar-refractivity contribution in [3.05, 3.63) is 53.2 Å². The van der Waals surface area contributed by atoms with Gasteiger partial charge in [-0.25, -0.2) is 14.4 Å². The SMILES string of the molecule is CCc1cnc(C)nc1NC1CCN(Cc2ccccc2F)CC1. The third kappa shape index (κ3) is 4.09. The first-order valence-electron chi connectivity index (χ1n) is 8.70. The number of anilines is 1. The molecule has 1 fully saturated rings. The van der Waals surface area contributed by atoms with E-state index in [1.165, 1.54) is 6.07 Å². The van der Waals surface area contributed by atoms with E-state index in [0.717, 1.165) is 55.1 Å². The van der Waals surface area contributed by atoms with E-state index in [9.17, 15) is 4.39 Å². The Morgan fingerprint density at radius 3 is 2.67 bits per heavy atom. The lowest BCUT2D eigenvalue weighted by atomic mass is 10.0. The summed E-state index contributed by atoms with van der Waals surface area (Å²) in [5, 5.41) is 3.59. The summed E-state index contributed by atoms with van der Waals surface area (Å²) >= 11 is 0. The summed E-state index contributed by atoms with van der Waals surface area (Å²) in [7, 11) is 0. The predicted octanol–water partition coefficient (Wildman–Crippen LogP) is 3.56. The molecule has 0 aliphatic carbocycles. The second-order valence-electron chi connectivity index (χ2n) is 6.43. The van der Waals surface area contributed by atoms with Crippen molar-refractivity contribution in [3.63, 3.8) is 0 Å². The van der Waals surface area contributed by atoms with E-state index in [-0.39, 0.29) is 5.82 Å². The maximum atomic E-state index is 13.8. The highest BCUT2D eigenvalue weighted by Gasteiger charge is 2.21. The van der Waals surface area contributed by atoms with Crippen molar-refractivity contribution in [2.45, 2.75) is 45.7 Å². The highest BCUT2D eigenvalue weighted by atomic mass is 19.1. The molecule has 0 amide bonds. The van der Waals surface area contributed by atoms with Crippen molar-refractivity contribution < 1.29 is 4.39 Å². The van der Waals surface area contributed by atoms with Crippen LogP contribution in [0.25, 0.3) is 0 Å². The number of rotatable bonds is 5. The molecule has 0 atom stereocenters. The summed E-state index contributed by atoms with van der Waals surface area (Å²) < 4.78 is 13.8. The van der Waals surface area contributed by atoms with E-state index < -0.39 is 0 Å². The molecule has 0 bridgehead atoms. The van der Waals surface area contributed by atoms with Crippen LogP contribution in [-0.4, -0.2) is 34.0 Å². The number of halogens is 1. The fourth-order valence-electron chi connectivity index (χ4n) is 3.17. The van der Waals surface area contributed by atoms with Gasteiger partial charge in [0.25, 0.3) is 0 Å². The third-order valence-electron chi connectivity index (χ3n) is 4.65. The molecule has 2 heterocycles. The quantitative estimate of drug-likeness (QED) is 0.911. The van der Waals surface area contributed by atoms with Crippen LogP contribution in [0.5, 0.6) is 0 Å². The van der Waals surface area contributed by atoms with E-state index in [1.807, 2.05) is 25.3 Å². The Hall–Kier alpha value is -2.01. The number of aryl methyl sites for hydroxylation is 2. The molecule has 0 unspecified atom stereocenters. The van der Waals surface area contributed by atoms with Gasteiger partial charge in [-0.3, -0.25) is 4.90 Å². The lowest BCUT2D eigenvalue weighted by molar-refractivity contribution is 0.209. The zero-order valence-electron chi connectivity index (χ0n) is 14.4. The van der Waals surface area contributed by atoms with Crippen molar-refractivity contribution in [3.8, 4) is 0 Å². The van der Waals surface area contributed by atoms with Gasteiger partial charge in [0, 0.05) is 43.0 Å². The fraction of sp³-hybridized carbons (Fsp3) is 0.474. The lowest BCUT2D eigenvalue weighted by Crippen LogP contribution is -2.39. The molecular formula is C19H25FN4. The highest BCUT2D eigenvalue weighted by Crippen LogP contribution is 2.20. The Morgan fingerprint density at radius 1 is 1.21 bits per heavy atom. The van der Waals surface area contributed by atoms with Crippen LogP contribution in [0.15, 0.2) is 30.5 Å². The smallest absolute Gasteiger partial charge is 0.133 e. The van der Waals surface area contributed by atoms with Crippen molar-refractivity contribution in [2.24, 2.45) is 0 Å². The molecule has 1 aromatic carbocycles. The van der Waals surface area contributed by atoms with Gasteiger partial charge in [-0.15, -0.1) is 0 Å². The molecule has 1 saturated heterocycles. The van der Waals surface area contributed by atoms with Crippen LogP contribution in [0, 0.1) is 12.7 Å². The average molecular weight is 328 g/mol. The highest BCUT2D eigenvalue weighted by molar-refractivity contribution is 5.44. The van der Waals surface area contributed by atoms with Gasteiger partial charge in [0.1, 0.15) is 17.5 Å². The first kappa shape index (κ1) is 16.8. The topological polar surface area (TPSA) is 41.1 Å². The molecule has 1 N–H and O–H groups in total. The molecule has 1 aliphatic rings. The number of nitrogens with one attached hydrogen (secondary N) is 1. The van der Waals surface area contributed by atoms with Gasteiger partial charge in [0.2, 0.25) is 0 Å². The van der Waals surface area contributed by atoms with Gasteiger partial charge in [-0.1, -0.05) is 25.1 Å². The lowest BCUT2D eigenvalue weighted by Gasteiger charge is -2.33. The zero-order valence-corrected chi connectivity index (χ0v) is 14.4. The van der Waals surface area contributed by atoms with E-state index in [4.69, 9.17) is 0 Å². The Kier molecular flexibility index (Phi) is 5.41. The van der Waals surface area contributed by atoms with Crippen molar-refractivity contribution in [1.29, 1.82) is 0 Å². The first-order chi connectivity index (χ1) is 11.7. The van der Waals surface area contributed by atoms with Gasteiger partial charge in [-0.2, -0.15) is 0 Å². The van der Waals surface area contributed by atoms with E-state index in [1.54, 1.807) is 6.07 Å². The Labute approximate surface area is 143 Å². The van der Waals surface area contributed by atoms with Crippen LogP contribution < -0.4 is 5.32 Å². The second-order valence-corrected chi connectivity index (χ2v) is 6.43. The maximum absolute atomic E-state index is 13.8. The summed E-state index contributed by atoms with van der Waals surface area (Å²) in [5.41, 5.74) is 1.94. The normalized spacial score (nSPS) is 16.3. The summed E-state index contributed by atoms with van der Waals surface area (Å²) in [4.78, 5) is 11.1. The molecule has 2 aromatic rings. The second kappa shape index (κ2) is 7.71. The van der Waals surface area contributed by atoms with Crippen LogP contribution >= 0.6 is 0 Å². The van der Waals surface area contributed by atoms with Gasteiger partial charge in [0.15, 0.2) is 0 Å². The van der Waals surface area contributed by atoms with E-state index >= 15 is 0 Å². The minimum absolute atomic E-state index is 0.109. The third-order valence-corrected chi connectivity index (χ3v) is 4.65. The van der Waals surface area contributed by atoms with E-state index in [2.05, 4.69) is 27.1 Å². The standard InChI is InChI=1S/C19H25FN4/c1-3-15-12-21-14(2)22-19(15)23-17-8-10-24(11-9-17)13-16-6-4-5-7-18(16)20/h4-7,12,17H,3,8-11,13H2,1-2H3,(H,21,22,23). The number of nitrogens with zero attached hydrogens (tertiary/aromatic N) is 3. The van der Waals surface area contributed by atoms with Gasteiger partial charge in [0.05, 0.1) is 0 Å². The molecular weight excluding hydrogens is 303 g/mol. The molecule has 1 aliphatic heterocycles. The molecule has 128 valence electrons. The van der Waals surface area contributed by atoms with Crippen molar-refractivity contribution in [1.82, 2.24) is 14.9 Å². The Balaban J connectivity index is 1.56. The maximum Gasteiger partial charge on any atom is 0.133 e. The van der Waals surface area contributed by atoms with Crippen LogP contribution in [0.2, 0.25) is 0 Å². The zero-order chi connectivity index (χ0) is 16.9. The fourth-order valence-corrected chi connectivity index (χ4v) is 3.17. The molecule has 4 nitrogen and oxygen atoms in total. The molecule has 0 spiro atoms. The van der Waals surface area contributed by atoms with Crippen molar-refractivity contribution in [2.75, 3.05) is 18.4 Å². The summed E-state index contributed by atoms with van der Waals surface area (Å²) in [6.45, 7) is 6.67. The van der Waals surface area contributed by atoms with Crippen LogP contribution in [0.4, 0.5) is 10.2 Å². The summed E-state index contributed by atoms with van der Waals surface area (Å²) in [6.07, 6.45) is 4.92. The molecule has 1 aromatic heterocycles. The van der Waals surface area contributed by atoms with Crippen molar-refractivity contribution >= 4 is 5.82 Å².